The van der Waals surface area contributed by atoms with Crippen LogP contribution < -0.4 is 0 Å². The predicted molar refractivity (Wildman–Crippen MR) is 83.3 cm³/mol. The predicted octanol–water partition coefficient (Wildman–Crippen LogP) is 4.91. The van der Waals surface area contributed by atoms with E-state index in [0.717, 1.165) is 0 Å². The Hall–Kier alpha value is -0.470. The van der Waals surface area contributed by atoms with Crippen LogP contribution in [0.2, 0.25) is 0 Å². The van der Waals surface area contributed by atoms with E-state index in [2.05, 4.69) is 52.0 Å². The summed E-state index contributed by atoms with van der Waals surface area (Å²) in [6, 6.07) is 8.52. The van der Waals surface area contributed by atoms with Crippen molar-refractivity contribution in [1.29, 1.82) is 0 Å². The molecule has 0 aliphatic rings. The molecule has 1 nitrogen and oxygen atoms in total. The molecule has 0 saturated heterocycles. The molecule has 0 spiro atoms. The van der Waals surface area contributed by atoms with Gasteiger partial charge in [-0.25, -0.2) is 0 Å². The molecule has 18 heavy (non-hydrogen) atoms. The average molecular weight is 268 g/mol. The molecule has 1 rings (SSSR count). The van der Waals surface area contributed by atoms with Gasteiger partial charge in [-0.2, -0.15) is 0 Å². The van der Waals surface area contributed by atoms with E-state index in [9.17, 15) is 5.11 Å². The average Bonchev–Trinajstić information content (AvgIpc) is 2.30. The van der Waals surface area contributed by atoms with Crippen LogP contribution in [0.3, 0.4) is 0 Å². The summed E-state index contributed by atoms with van der Waals surface area (Å²) in [6.07, 6.45) is -0.271. The molecule has 0 bridgehead atoms. The number of aryl methyl sites for hydroxylation is 1. The quantitative estimate of drug-likeness (QED) is 0.783. The van der Waals surface area contributed by atoms with Crippen LogP contribution in [0.25, 0.3) is 0 Å². The minimum Gasteiger partial charge on any atom is -0.393 e. The summed E-state index contributed by atoms with van der Waals surface area (Å²) in [5.74, 6) is 0.262. The van der Waals surface area contributed by atoms with Gasteiger partial charge >= 0.3 is 0 Å². The van der Waals surface area contributed by atoms with Crippen molar-refractivity contribution in [3.63, 3.8) is 0 Å². The molecule has 104 valence electrons. The zero-order valence-corrected chi connectivity index (χ0v) is 13.6. The SMILES string of the molecule is CC.Cc1cccc(SC(C)(C)C(C)C(C)O)c1. The first-order valence-corrected chi connectivity index (χ1v) is 7.58. The third-order valence-electron chi connectivity index (χ3n) is 3.19. The van der Waals surface area contributed by atoms with Crippen LogP contribution in [0.1, 0.15) is 47.1 Å². The van der Waals surface area contributed by atoms with E-state index in [4.69, 9.17) is 0 Å². The van der Waals surface area contributed by atoms with Crippen LogP contribution in [0.4, 0.5) is 0 Å². The minimum atomic E-state index is -0.271. The van der Waals surface area contributed by atoms with E-state index in [-0.39, 0.29) is 16.8 Å². The van der Waals surface area contributed by atoms with Crippen LogP contribution in [-0.2, 0) is 0 Å². The third kappa shape index (κ3) is 5.45. The topological polar surface area (TPSA) is 20.2 Å². The van der Waals surface area contributed by atoms with Gasteiger partial charge < -0.3 is 5.11 Å². The maximum absolute atomic E-state index is 9.68. The van der Waals surface area contributed by atoms with Crippen molar-refractivity contribution >= 4 is 11.8 Å². The van der Waals surface area contributed by atoms with Gasteiger partial charge in [0.05, 0.1) is 6.10 Å². The molecule has 0 radical (unpaired) electrons. The molecule has 0 aliphatic heterocycles. The second-order valence-electron chi connectivity index (χ2n) is 5.05. The molecule has 0 aliphatic carbocycles. The first-order chi connectivity index (χ1) is 8.33. The maximum Gasteiger partial charge on any atom is 0.0550 e. The molecule has 2 atom stereocenters. The second kappa shape index (κ2) is 7.85. The fraction of sp³-hybridized carbons (Fsp3) is 0.625. The van der Waals surface area contributed by atoms with Crippen molar-refractivity contribution in [2.24, 2.45) is 5.92 Å². The number of hydrogen-bond acceptors (Lipinski definition) is 2. The largest absolute Gasteiger partial charge is 0.393 e. The van der Waals surface area contributed by atoms with Gasteiger partial charge in [-0.15, -0.1) is 11.8 Å². The Kier molecular flexibility index (Phi) is 7.65. The van der Waals surface area contributed by atoms with Crippen LogP contribution in [0, 0.1) is 12.8 Å². The third-order valence-corrected chi connectivity index (χ3v) is 4.58. The highest BCUT2D eigenvalue weighted by Crippen LogP contribution is 2.39. The van der Waals surface area contributed by atoms with Gasteiger partial charge in [0.25, 0.3) is 0 Å². The summed E-state index contributed by atoms with van der Waals surface area (Å²) < 4.78 is 0.0436. The van der Waals surface area contributed by atoms with Crippen LogP contribution in [0.15, 0.2) is 29.2 Å². The van der Waals surface area contributed by atoms with Crippen molar-refractivity contribution in [2.75, 3.05) is 0 Å². The Balaban J connectivity index is 0.00000137. The summed E-state index contributed by atoms with van der Waals surface area (Å²) in [6.45, 7) is 14.5. The summed E-state index contributed by atoms with van der Waals surface area (Å²) >= 11 is 1.84. The van der Waals surface area contributed by atoms with Gasteiger partial charge in [0.1, 0.15) is 0 Å². The summed E-state index contributed by atoms with van der Waals surface area (Å²) in [5.41, 5.74) is 1.28. The van der Waals surface area contributed by atoms with Crippen LogP contribution in [0.5, 0.6) is 0 Å². The van der Waals surface area contributed by atoms with Gasteiger partial charge in [0.15, 0.2) is 0 Å². The monoisotopic (exact) mass is 268 g/mol. The number of rotatable bonds is 4. The normalized spacial score (nSPS) is 14.4. The van der Waals surface area contributed by atoms with Crippen molar-refractivity contribution in [2.45, 2.75) is 64.2 Å². The Morgan fingerprint density at radius 3 is 2.17 bits per heavy atom. The van der Waals surface area contributed by atoms with Crippen molar-refractivity contribution < 1.29 is 5.11 Å². The lowest BCUT2D eigenvalue weighted by molar-refractivity contribution is 0.118. The van der Waals surface area contributed by atoms with Gasteiger partial charge in [-0.05, 0) is 45.7 Å². The minimum absolute atomic E-state index is 0.0436. The van der Waals surface area contributed by atoms with Crippen molar-refractivity contribution in [1.82, 2.24) is 0 Å². The zero-order valence-electron chi connectivity index (χ0n) is 12.8. The standard InChI is InChI=1S/C14H22OS.C2H6/c1-10-7-6-8-13(9-10)16-14(4,5)11(2)12(3)15;1-2/h6-9,11-12,15H,1-5H3;1-2H3. The molecule has 0 heterocycles. The molecule has 1 aromatic carbocycles. The second-order valence-corrected chi connectivity index (χ2v) is 6.78. The molecular formula is C16H28OS. The molecule has 1 N–H and O–H groups in total. The lowest BCUT2D eigenvalue weighted by atomic mass is 9.92. The van der Waals surface area contributed by atoms with Crippen molar-refractivity contribution in [3.8, 4) is 0 Å². The molecule has 2 heteroatoms. The molecular weight excluding hydrogens is 240 g/mol. The highest BCUT2D eigenvalue weighted by Gasteiger charge is 2.30. The number of aliphatic hydroxyl groups is 1. The lowest BCUT2D eigenvalue weighted by Crippen LogP contribution is -2.33. The Morgan fingerprint density at radius 1 is 1.17 bits per heavy atom. The molecule has 0 saturated carbocycles. The van der Waals surface area contributed by atoms with E-state index in [1.165, 1.54) is 10.5 Å². The molecule has 0 amide bonds. The summed E-state index contributed by atoms with van der Waals surface area (Å²) in [7, 11) is 0. The van der Waals surface area contributed by atoms with Gasteiger partial charge in [0.2, 0.25) is 0 Å². The number of aliphatic hydroxyl groups excluding tert-OH is 1. The summed E-state index contributed by atoms with van der Waals surface area (Å²) in [5, 5.41) is 9.68. The molecule has 0 aromatic heterocycles. The van der Waals surface area contributed by atoms with E-state index in [1.54, 1.807) is 0 Å². The number of thioether (sulfide) groups is 1. The van der Waals surface area contributed by atoms with Crippen LogP contribution >= 0.6 is 11.8 Å². The Bertz CT molecular complexity index is 345. The van der Waals surface area contributed by atoms with E-state index in [0.29, 0.717) is 0 Å². The Morgan fingerprint density at radius 2 is 1.72 bits per heavy atom. The highest BCUT2D eigenvalue weighted by molar-refractivity contribution is 8.00. The van der Waals surface area contributed by atoms with Gasteiger partial charge in [-0.1, -0.05) is 38.5 Å². The molecule has 0 fully saturated rings. The van der Waals surface area contributed by atoms with Gasteiger partial charge in [0, 0.05) is 9.64 Å². The Labute approximate surface area is 117 Å². The van der Waals surface area contributed by atoms with Gasteiger partial charge in [-0.3, -0.25) is 0 Å². The molecule has 2 unspecified atom stereocenters. The van der Waals surface area contributed by atoms with Crippen molar-refractivity contribution in [3.05, 3.63) is 29.8 Å². The summed E-state index contributed by atoms with van der Waals surface area (Å²) in [4.78, 5) is 1.28. The van der Waals surface area contributed by atoms with E-state index >= 15 is 0 Å². The fourth-order valence-electron chi connectivity index (χ4n) is 1.66. The van der Waals surface area contributed by atoms with Crippen LogP contribution in [-0.4, -0.2) is 16.0 Å². The lowest BCUT2D eigenvalue weighted by Gasteiger charge is -2.33. The van der Waals surface area contributed by atoms with E-state index in [1.807, 2.05) is 32.5 Å². The smallest absolute Gasteiger partial charge is 0.0550 e. The molecule has 1 aromatic rings. The van der Waals surface area contributed by atoms with E-state index < -0.39 is 0 Å². The number of hydrogen-bond donors (Lipinski definition) is 1. The number of benzene rings is 1. The maximum atomic E-state index is 9.68. The fourth-order valence-corrected chi connectivity index (χ4v) is 3.04. The zero-order chi connectivity index (χ0) is 14.3. The first kappa shape index (κ1) is 17.5. The highest BCUT2D eigenvalue weighted by atomic mass is 32.2. The first-order valence-electron chi connectivity index (χ1n) is 6.76.